The first kappa shape index (κ1) is 18.4. The molecule has 2 heterocycles. The van der Waals surface area contributed by atoms with Crippen molar-refractivity contribution in [1.82, 2.24) is 19.7 Å². The third-order valence-electron chi connectivity index (χ3n) is 5.06. The number of carbonyl (C=O) groups excluding carboxylic acids is 1. The van der Waals surface area contributed by atoms with Gasteiger partial charge in [0.1, 0.15) is 5.82 Å². The summed E-state index contributed by atoms with van der Waals surface area (Å²) in [6.07, 6.45) is 7.10. The molecule has 0 saturated heterocycles. The predicted octanol–water partition coefficient (Wildman–Crippen LogP) is 3.04. The molecule has 26 heavy (non-hydrogen) atoms. The lowest BCUT2D eigenvalue weighted by Gasteiger charge is -2.20. The van der Waals surface area contributed by atoms with Crippen molar-refractivity contribution in [3.8, 4) is 5.95 Å². The van der Waals surface area contributed by atoms with E-state index in [9.17, 15) is 9.59 Å². The molecule has 2 aromatic heterocycles. The Labute approximate surface area is 153 Å². The van der Waals surface area contributed by atoms with E-state index in [1.54, 1.807) is 6.07 Å². The second-order valence-corrected chi connectivity index (χ2v) is 7.15. The third kappa shape index (κ3) is 4.03. The van der Waals surface area contributed by atoms with Gasteiger partial charge in [0, 0.05) is 23.7 Å². The van der Waals surface area contributed by atoms with Gasteiger partial charge in [0.25, 0.3) is 5.56 Å². The van der Waals surface area contributed by atoms with Crippen LogP contribution < -0.4 is 10.9 Å². The summed E-state index contributed by atoms with van der Waals surface area (Å²) in [4.78, 5) is 31.9. The maximum Gasteiger partial charge on any atom is 0.255 e. The Morgan fingerprint density at radius 3 is 2.69 bits per heavy atom. The van der Waals surface area contributed by atoms with Crippen LogP contribution in [0, 0.1) is 19.8 Å². The highest BCUT2D eigenvalue weighted by molar-refractivity contribution is 5.90. The minimum Gasteiger partial charge on any atom is -0.310 e. The fraction of sp³-hybridized carbons (Fsp3) is 0.579. The Kier molecular flexibility index (Phi) is 5.54. The monoisotopic (exact) mass is 357 g/mol. The van der Waals surface area contributed by atoms with Crippen molar-refractivity contribution < 1.29 is 4.79 Å². The minimum absolute atomic E-state index is 0.0118. The fourth-order valence-corrected chi connectivity index (χ4v) is 3.71. The highest BCUT2D eigenvalue weighted by atomic mass is 16.1. The third-order valence-corrected chi connectivity index (χ3v) is 5.06. The first-order valence-corrected chi connectivity index (χ1v) is 9.44. The number of anilines is 1. The van der Waals surface area contributed by atoms with Crippen LogP contribution in [0.3, 0.4) is 0 Å². The van der Waals surface area contributed by atoms with Crippen molar-refractivity contribution in [2.75, 3.05) is 5.32 Å². The van der Waals surface area contributed by atoms with E-state index in [1.807, 2.05) is 20.8 Å². The molecular weight excluding hydrogens is 330 g/mol. The summed E-state index contributed by atoms with van der Waals surface area (Å²) in [5.41, 5.74) is 1.93. The number of aromatic nitrogens is 4. The number of hydrogen-bond acceptors (Lipinski definition) is 4. The normalized spacial score (nSPS) is 15.2. The van der Waals surface area contributed by atoms with Crippen LogP contribution in [0.2, 0.25) is 0 Å². The molecule has 3 rings (SSSR count). The average molecular weight is 357 g/mol. The molecule has 0 atom stereocenters. The van der Waals surface area contributed by atoms with E-state index in [2.05, 4.69) is 20.4 Å². The summed E-state index contributed by atoms with van der Waals surface area (Å²) in [5, 5.41) is 7.33. The SMILES string of the molecule is CCc1c(C)nc(-n2nc(C)cc2NC(=O)CC2CCCCC2)[nH]c1=O. The number of H-pyrrole nitrogens is 1. The first-order valence-electron chi connectivity index (χ1n) is 9.44. The van der Waals surface area contributed by atoms with Crippen LogP contribution in [0.25, 0.3) is 5.95 Å². The van der Waals surface area contributed by atoms with Crippen molar-refractivity contribution in [3.63, 3.8) is 0 Å². The van der Waals surface area contributed by atoms with Crippen LogP contribution in [0.1, 0.15) is 62.4 Å². The van der Waals surface area contributed by atoms with E-state index >= 15 is 0 Å². The Morgan fingerprint density at radius 2 is 2.04 bits per heavy atom. The van der Waals surface area contributed by atoms with Crippen molar-refractivity contribution in [2.45, 2.75) is 65.7 Å². The summed E-state index contributed by atoms with van der Waals surface area (Å²) in [5.74, 6) is 1.31. The van der Waals surface area contributed by atoms with E-state index in [0.717, 1.165) is 18.5 Å². The lowest BCUT2D eigenvalue weighted by molar-refractivity contribution is -0.117. The number of rotatable bonds is 5. The molecule has 1 amide bonds. The van der Waals surface area contributed by atoms with Gasteiger partial charge in [-0.3, -0.25) is 14.6 Å². The average Bonchev–Trinajstić information content (AvgIpc) is 2.95. The van der Waals surface area contributed by atoms with E-state index in [0.29, 0.717) is 41.8 Å². The van der Waals surface area contributed by atoms with Crippen LogP contribution in [0.5, 0.6) is 0 Å². The van der Waals surface area contributed by atoms with Crippen LogP contribution in [-0.4, -0.2) is 25.7 Å². The van der Waals surface area contributed by atoms with Crippen molar-refractivity contribution >= 4 is 11.7 Å². The van der Waals surface area contributed by atoms with Gasteiger partial charge in [0.2, 0.25) is 11.9 Å². The number of nitrogens with zero attached hydrogens (tertiary/aromatic N) is 3. The maximum atomic E-state index is 12.5. The molecular formula is C19H27N5O2. The van der Waals surface area contributed by atoms with E-state index in [1.165, 1.54) is 23.9 Å². The molecule has 0 unspecified atom stereocenters. The second-order valence-electron chi connectivity index (χ2n) is 7.15. The van der Waals surface area contributed by atoms with Crippen LogP contribution in [0.4, 0.5) is 5.82 Å². The second kappa shape index (κ2) is 7.85. The van der Waals surface area contributed by atoms with E-state index < -0.39 is 0 Å². The van der Waals surface area contributed by atoms with Crippen LogP contribution in [-0.2, 0) is 11.2 Å². The molecule has 1 aliphatic rings. The number of amides is 1. The molecule has 0 spiro atoms. The fourth-order valence-electron chi connectivity index (χ4n) is 3.71. The molecule has 0 aromatic carbocycles. The summed E-state index contributed by atoms with van der Waals surface area (Å²) in [6, 6.07) is 1.79. The molecule has 1 aliphatic carbocycles. The minimum atomic E-state index is -0.164. The van der Waals surface area contributed by atoms with Gasteiger partial charge in [-0.05, 0) is 39.0 Å². The Hall–Kier alpha value is -2.44. The summed E-state index contributed by atoms with van der Waals surface area (Å²) in [6.45, 7) is 5.59. The lowest BCUT2D eigenvalue weighted by atomic mass is 9.87. The Bertz CT molecular complexity index is 846. The van der Waals surface area contributed by atoms with Gasteiger partial charge in [0.05, 0.1) is 5.69 Å². The van der Waals surface area contributed by atoms with Crippen molar-refractivity contribution in [1.29, 1.82) is 0 Å². The number of aromatic amines is 1. The highest BCUT2D eigenvalue weighted by Gasteiger charge is 2.19. The molecule has 7 nitrogen and oxygen atoms in total. The van der Waals surface area contributed by atoms with Gasteiger partial charge in [-0.15, -0.1) is 0 Å². The van der Waals surface area contributed by atoms with Crippen LogP contribution in [0.15, 0.2) is 10.9 Å². The highest BCUT2D eigenvalue weighted by Crippen LogP contribution is 2.26. The van der Waals surface area contributed by atoms with Crippen molar-refractivity contribution in [2.24, 2.45) is 5.92 Å². The van der Waals surface area contributed by atoms with Gasteiger partial charge < -0.3 is 5.32 Å². The predicted molar refractivity (Wildman–Crippen MR) is 101 cm³/mol. The molecule has 1 saturated carbocycles. The smallest absolute Gasteiger partial charge is 0.255 e. The molecule has 0 bridgehead atoms. The Balaban J connectivity index is 1.82. The van der Waals surface area contributed by atoms with Crippen LogP contribution >= 0.6 is 0 Å². The number of nitrogens with one attached hydrogen (secondary N) is 2. The van der Waals surface area contributed by atoms with Gasteiger partial charge in [-0.25, -0.2) is 4.98 Å². The summed E-state index contributed by atoms with van der Waals surface area (Å²) >= 11 is 0. The van der Waals surface area contributed by atoms with Gasteiger partial charge >= 0.3 is 0 Å². The molecule has 2 aromatic rings. The zero-order chi connectivity index (χ0) is 18.7. The quantitative estimate of drug-likeness (QED) is 0.860. The Morgan fingerprint density at radius 1 is 1.31 bits per heavy atom. The summed E-state index contributed by atoms with van der Waals surface area (Å²) in [7, 11) is 0. The summed E-state index contributed by atoms with van der Waals surface area (Å²) < 4.78 is 1.50. The molecule has 2 N–H and O–H groups in total. The first-order chi connectivity index (χ1) is 12.5. The van der Waals surface area contributed by atoms with E-state index in [4.69, 9.17) is 0 Å². The number of aryl methyl sites for hydroxylation is 2. The van der Waals surface area contributed by atoms with Gasteiger partial charge in [0.15, 0.2) is 0 Å². The molecule has 7 heteroatoms. The van der Waals surface area contributed by atoms with Gasteiger partial charge in [-0.2, -0.15) is 9.78 Å². The van der Waals surface area contributed by atoms with Gasteiger partial charge in [-0.1, -0.05) is 26.2 Å². The zero-order valence-electron chi connectivity index (χ0n) is 15.8. The molecule has 0 radical (unpaired) electrons. The molecule has 140 valence electrons. The largest absolute Gasteiger partial charge is 0.310 e. The molecule has 1 fully saturated rings. The number of hydrogen-bond donors (Lipinski definition) is 2. The standard InChI is InChI=1S/C19H27N5O2/c1-4-15-13(3)20-19(22-18(15)26)24-16(10-12(2)23-24)21-17(25)11-14-8-6-5-7-9-14/h10,14H,4-9,11H2,1-3H3,(H,21,25)(H,20,22,26). The maximum absolute atomic E-state index is 12.5. The number of carbonyl (C=O) groups is 1. The molecule has 0 aliphatic heterocycles. The van der Waals surface area contributed by atoms with Crippen molar-refractivity contribution in [3.05, 3.63) is 33.4 Å². The van der Waals surface area contributed by atoms with E-state index in [-0.39, 0.29) is 11.5 Å². The topological polar surface area (TPSA) is 92.7 Å². The lowest BCUT2D eigenvalue weighted by Crippen LogP contribution is -2.23. The zero-order valence-corrected chi connectivity index (χ0v) is 15.8.